The summed E-state index contributed by atoms with van der Waals surface area (Å²) in [5, 5.41) is 7.99. The van der Waals surface area contributed by atoms with Crippen LogP contribution in [-0.2, 0) is 19.4 Å². The maximum Gasteiger partial charge on any atom is 0.0826 e. The van der Waals surface area contributed by atoms with Gasteiger partial charge in [-0.1, -0.05) is 23.4 Å². The van der Waals surface area contributed by atoms with E-state index in [-0.39, 0.29) is 12.1 Å². The third-order valence-corrected chi connectivity index (χ3v) is 4.76. The van der Waals surface area contributed by atoms with Crippen molar-refractivity contribution in [2.24, 2.45) is 5.73 Å². The van der Waals surface area contributed by atoms with E-state index < -0.39 is 0 Å². The third-order valence-electron chi connectivity index (χ3n) is 4.76. The topological polar surface area (TPSA) is 60.0 Å². The number of rotatable bonds is 3. The summed E-state index contributed by atoms with van der Waals surface area (Å²) in [5.41, 5.74) is 10.8. The molecule has 110 valence electrons. The molecule has 2 atom stereocenters. The summed E-state index contributed by atoms with van der Waals surface area (Å²) in [5.74, 6) is 0. The van der Waals surface area contributed by atoms with Gasteiger partial charge in [0, 0.05) is 31.9 Å². The highest BCUT2D eigenvalue weighted by atomic mass is 15.4. The van der Waals surface area contributed by atoms with Crippen LogP contribution in [0.4, 0.5) is 0 Å². The van der Waals surface area contributed by atoms with Crippen LogP contribution in [0.3, 0.4) is 0 Å². The van der Waals surface area contributed by atoms with E-state index in [1.165, 1.54) is 30.4 Å². The van der Waals surface area contributed by atoms with Gasteiger partial charge in [0.15, 0.2) is 0 Å². The van der Waals surface area contributed by atoms with Gasteiger partial charge in [-0.15, -0.1) is 5.10 Å². The standard InChI is InChI=1S/C16H21N5/c17-15-10-20(11-16(15)21-7-6-18-19-21)9-12-4-5-13-2-1-3-14(13)8-12/h4-8,15-16H,1-3,9-11,17H2/t15-,16+/m1/s1. The van der Waals surface area contributed by atoms with Crippen LogP contribution in [-0.4, -0.2) is 39.0 Å². The second kappa shape index (κ2) is 5.24. The molecule has 2 N–H and O–H groups in total. The zero-order valence-electron chi connectivity index (χ0n) is 12.2. The molecule has 0 radical (unpaired) electrons. The van der Waals surface area contributed by atoms with E-state index in [0.717, 1.165) is 19.6 Å². The highest BCUT2D eigenvalue weighted by molar-refractivity contribution is 5.35. The smallest absolute Gasteiger partial charge is 0.0826 e. The molecule has 21 heavy (non-hydrogen) atoms. The number of aryl methyl sites for hydroxylation is 2. The van der Waals surface area contributed by atoms with Crippen molar-refractivity contribution in [3.63, 3.8) is 0 Å². The van der Waals surface area contributed by atoms with Gasteiger partial charge in [0.25, 0.3) is 0 Å². The number of aromatic nitrogens is 3. The lowest BCUT2D eigenvalue weighted by molar-refractivity contribution is 0.310. The Balaban J connectivity index is 1.46. The van der Waals surface area contributed by atoms with Crippen molar-refractivity contribution in [2.75, 3.05) is 13.1 Å². The van der Waals surface area contributed by atoms with E-state index in [2.05, 4.69) is 33.4 Å². The Hall–Kier alpha value is -1.72. The van der Waals surface area contributed by atoms with Crippen LogP contribution in [0.1, 0.15) is 29.2 Å². The molecule has 4 rings (SSSR count). The van der Waals surface area contributed by atoms with Gasteiger partial charge in [-0.25, -0.2) is 4.68 Å². The van der Waals surface area contributed by atoms with Crippen LogP contribution in [0.25, 0.3) is 0 Å². The van der Waals surface area contributed by atoms with E-state index >= 15 is 0 Å². The predicted molar refractivity (Wildman–Crippen MR) is 80.8 cm³/mol. The predicted octanol–water partition coefficient (Wildman–Crippen LogP) is 1.15. The first-order valence-electron chi connectivity index (χ1n) is 7.74. The quantitative estimate of drug-likeness (QED) is 0.918. The molecular formula is C16H21N5. The maximum absolute atomic E-state index is 6.27. The summed E-state index contributed by atoms with van der Waals surface area (Å²) >= 11 is 0. The SMILES string of the molecule is N[C@@H]1CN(Cc2ccc3c(c2)CCC3)C[C@@H]1n1ccnn1. The molecule has 1 aliphatic carbocycles. The minimum absolute atomic E-state index is 0.126. The summed E-state index contributed by atoms with van der Waals surface area (Å²) in [6.45, 7) is 2.84. The fraction of sp³-hybridized carbons (Fsp3) is 0.500. The summed E-state index contributed by atoms with van der Waals surface area (Å²) in [4.78, 5) is 2.42. The Labute approximate surface area is 124 Å². The van der Waals surface area contributed by atoms with Gasteiger partial charge in [-0.2, -0.15) is 0 Å². The molecule has 1 fully saturated rings. The van der Waals surface area contributed by atoms with E-state index in [0.29, 0.717) is 0 Å². The lowest BCUT2D eigenvalue weighted by Crippen LogP contribution is -2.31. The van der Waals surface area contributed by atoms with Crippen molar-refractivity contribution in [2.45, 2.75) is 37.9 Å². The summed E-state index contributed by atoms with van der Waals surface area (Å²) < 4.78 is 1.90. The molecule has 1 saturated heterocycles. The fourth-order valence-electron chi connectivity index (χ4n) is 3.68. The minimum atomic E-state index is 0.126. The molecule has 5 nitrogen and oxygen atoms in total. The third kappa shape index (κ3) is 2.47. The normalized spacial score (nSPS) is 25.4. The molecule has 0 amide bonds. The molecule has 5 heteroatoms. The number of benzene rings is 1. The second-order valence-electron chi connectivity index (χ2n) is 6.26. The highest BCUT2D eigenvalue weighted by Gasteiger charge is 2.31. The molecule has 2 heterocycles. The van der Waals surface area contributed by atoms with Crippen LogP contribution < -0.4 is 5.73 Å². The van der Waals surface area contributed by atoms with Crippen molar-refractivity contribution in [3.8, 4) is 0 Å². The fourth-order valence-corrected chi connectivity index (χ4v) is 3.68. The Kier molecular flexibility index (Phi) is 3.24. The van der Waals surface area contributed by atoms with Crippen LogP contribution in [0.15, 0.2) is 30.6 Å². The van der Waals surface area contributed by atoms with Crippen molar-refractivity contribution < 1.29 is 0 Å². The minimum Gasteiger partial charge on any atom is -0.325 e. The Bertz CT molecular complexity index is 622. The van der Waals surface area contributed by atoms with Gasteiger partial charge in [0.05, 0.1) is 12.2 Å². The number of hydrogen-bond donors (Lipinski definition) is 1. The van der Waals surface area contributed by atoms with Gasteiger partial charge in [0.2, 0.25) is 0 Å². The molecule has 0 bridgehead atoms. The first-order valence-corrected chi connectivity index (χ1v) is 7.74. The molecule has 1 aliphatic heterocycles. The summed E-state index contributed by atoms with van der Waals surface area (Å²) in [6, 6.07) is 7.33. The van der Waals surface area contributed by atoms with Crippen LogP contribution in [0.5, 0.6) is 0 Å². The zero-order valence-corrected chi connectivity index (χ0v) is 12.2. The highest BCUT2D eigenvalue weighted by Crippen LogP contribution is 2.25. The van der Waals surface area contributed by atoms with Crippen LogP contribution >= 0.6 is 0 Å². The first kappa shape index (κ1) is 13.0. The van der Waals surface area contributed by atoms with Crippen molar-refractivity contribution in [1.29, 1.82) is 0 Å². The van der Waals surface area contributed by atoms with E-state index in [9.17, 15) is 0 Å². The summed E-state index contributed by atoms with van der Waals surface area (Å²) in [7, 11) is 0. The van der Waals surface area contributed by atoms with Crippen molar-refractivity contribution >= 4 is 0 Å². The largest absolute Gasteiger partial charge is 0.325 e. The lowest BCUT2D eigenvalue weighted by atomic mass is 10.1. The van der Waals surface area contributed by atoms with Crippen molar-refractivity contribution in [1.82, 2.24) is 19.9 Å². The second-order valence-corrected chi connectivity index (χ2v) is 6.26. The van der Waals surface area contributed by atoms with Gasteiger partial charge in [0.1, 0.15) is 0 Å². The van der Waals surface area contributed by atoms with Gasteiger partial charge < -0.3 is 5.73 Å². The maximum atomic E-state index is 6.27. The molecule has 2 aliphatic rings. The first-order chi connectivity index (χ1) is 10.3. The molecular weight excluding hydrogens is 262 g/mol. The number of nitrogens with zero attached hydrogens (tertiary/aromatic N) is 4. The van der Waals surface area contributed by atoms with Crippen LogP contribution in [0, 0.1) is 0 Å². The molecule has 0 spiro atoms. The number of likely N-dealkylation sites (tertiary alicyclic amines) is 1. The number of fused-ring (bicyclic) bond motifs is 1. The van der Waals surface area contributed by atoms with Crippen LogP contribution in [0.2, 0.25) is 0 Å². The molecule has 0 unspecified atom stereocenters. The molecule has 0 saturated carbocycles. The Morgan fingerprint density at radius 1 is 1.19 bits per heavy atom. The summed E-state index contributed by atoms with van der Waals surface area (Å²) in [6.07, 6.45) is 7.42. The Morgan fingerprint density at radius 2 is 2.10 bits per heavy atom. The van der Waals surface area contributed by atoms with Crippen molar-refractivity contribution in [3.05, 3.63) is 47.3 Å². The Morgan fingerprint density at radius 3 is 2.95 bits per heavy atom. The number of nitrogens with two attached hydrogens (primary N) is 1. The van der Waals surface area contributed by atoms with Gasteiger partial charge in [-0.3, -0.25) is 4.90 Å². The average Bonchev–Trinajstić information content (AvgIpc) is 3.18. The average molecular weight is 283 g/mol. The zero-order chi connectivity index (χ0) is 14.2. The molecule has 1 aromatic heterocycles. The number of hydrogen-bond acceptors (Lipinski definition) is 4. The van der Waals surface area contributed by atoms with E-state index in [1.54, 1.807) is 11.8 Å². The van der Waals surface area contributed by atoms with Gasteiger partial charge >= 0.3 is 0 Å². The van der Waals surface area contributed by atoms with Gasteiger partial charge in [-0.05, 0) is 36.0 Å². The molecule has 2 aromatic rings. The molecule has 1 aromatic carbocycles. The van der Waals surface area contributed by atoms with E-state index in [1.807, 2.05) is 10.9 Å². The van der Waals surface area contributed by atoms with E-state index in [4.69, 9.17) is 5.73 Å². The monoisotopic (exact) mass is 283 g/mol. The lowest BCUT2D eigenvalue weighted by Gasteiger charge is -2.16.